The lowest BCUT2D eigenvalue weighted by Gasteiger charge is -2.07. The SMILES string of the molecule is FCCn1ccc2c(NCc3ccco3)nc(Cl)nc21. The smallest absolute Gasteiger partial charge is 0.226 e. The van der Waals surface area contributed by atoms with Crippen LogP contribution in [0.2, 0.25) is 5.28 Å². The van der Waals surface area contributed by atoms with Crippen LogP contribution in [0.25, 0.3) is 11.0 Å². The Balaban J connectivity index is 1.93. The molecule has 0 saturated heterocycles. The maximum absolute atomic E-state index is 12.5. The highest BCUT2D eigenvalue weighted by Crippen LogP contribution is 2.23. The van der Waals surface area contributed by atoms with Crippen molar-refractivity contribution in [1.29, 1.82) is 0 Å². The van der Waals surface area contributed by atoms with Gasteiger partial charge in [-0.1, -0.05) is 0 Å². The van der Waals surface area contributed by atoms with Crippen LogP contribution < -0.4 is 5.32 Å². The van der Waals surface area contributed by atoms with Crippen molar-refractivity contribution >= 4 is 28.5 Å². The van der Waals surface area contributed by atoms with E-state index >= 15 is 0 Å². The summed E-state index contributed by atoms with van der Waals surface area (Å²) in [6.45, 7) is 0.277. The molecule has 0 atom stereocenters. The first-order chi connectivity index (χ1) is 9.78. The molecule has 20 heavy (non-hydrogen) atoms. The Kier molecular flexibility index (Phi) is 3.56. The monoisotopic (exact) mass is 294 g/mol. The number of alkyl halides is 1. The van der Waals surface area contributed by atoms with Crippen molar-refractivity contribution in [3.05, 3.63) is 41.7 Å². The number of furan rings is 1. The van der Waals surface area contributed by atoms with Crippen LogP contribution in [0.4, 0.5) is 10.2 Å². The molecule has 1 N–H and O–H groups in total. The Hall–Kier alpha value is -2.08. The van der Waals surface area contributed by atoms with Gasteiger partial charge in [-0.2, -0.15) is 4.98 Å². The fourth-order valence-corrected chi connectivity index (χ4v) is 2.19. The summed E-state index contributed by atoms with van der Waals surface area (Å²) in [6, 6.07) is 5.52. The molecule has 3 heterocycles. The van der Waals surface area contributed by atoms with Crippen LogP contribution in [-0.2, 0) is 13.1 Å². The summed E-state index contributed by atoms with van der Waals surface area (Å²) in [5, 5.41) is 4.07. The maximum Gasteiger partial charge on any atom is 0.226 e. The lowest BCUT2D eigenvalue weighted by Crippen LogP contribution is -2.04. The molecular weight excluding hydrogens is 283 g/mol. The van der Waals surface area contributed by atoms with Crippen molar-refractivity contribution < 1.29 is 8.81 Å². The van der Waals surface area contributed by atoms with Crippen molar-refractivity contribution in [2.24, 2.45) is 0 Å². The van der Waals surface area contributed by atoms with E-state index in [-0.39, 0.29) is 11.8 Å². The summed E-state index contributed by atoms with van der Waals surface area (Å²) >= 11 is 5.92. The van der Waals surface area contributed by atoms with Gasteiger partial charge < -0.3 is 14.3 Å². The molecule has 0 aliphatic carbocycles. The number of aromatic nitrogens is 3. The molecule has 104 valence electrons. The van der Waals surface area contributed by atoms with Gasteiger partial charge in [0, 0.05) is 6.20 Å². The second-order valence-electron chi connectivity index (χ2n) is 4.21. The summed E-state index contributed by atoms with van der Waals surface area (Å²) in [5.41, 5.74) is 0.615. The van der Waals surface area contributed by atoms with Crippen molar-refractivity contribution in [3.8, 4) is 0 Å². The first-order valence-electron chi connectivity index (χ1n) is 6.12. The largest absolute Gasteiger partial charge is 0.467 e. The second kappa shape index (κ2) is 5.50. The van der Waals surface area contributed by atoms with E-state index in [1.165, 1.54) is 0 Å². The second-order valence-corrected chi connectivity index (χ2v) is 4.55. The number of anilines is 1. The molecule has 0 amide bonds. The minimum atomic E-state index is -0.458. The number of fused-ring (bicyclic) bond motifs is 1. The summed E-state index contributed by atoms with van der Waals surface area (Å²) in [5.74, 6) is 1.39. The fraction of sp³-hybridized carbons (Fsp3) is 0.231. The van der Waals surface area contributed by atoms with Crippen LogP contribution >= 0.6 is 11.6 Å². The van der Waals surface area contributed by atoms with E-state index in [1.807, 2.05) is 18.2 Å². The number of halogens is 2. The van der Waals surface area contributed by atoms with Crippen LogP contribution in [0.15, 0.2) is 35.1 Å². The van der Waals surface area contributed by atoms with Crippen molar-refractivity contribution in [3.63, 3.8) is 0 Å². The van der Waals surface area contributed by atoms with Gasteiger partial charge in [-0.15, -0.1) is 0 Å². The van der Waals surface area contributed by atoms with Crippen LogP contribution in [0.3, 0.4) is 0 Å². The number of nitrogens with zero attached hydrogens (tertiary/aromatic N) is 3. The highest BCUT2D eigenvalue weighted by Gasteiger charge is 2.11. The average Bonchev–Trinajstić information content (AvgIpc) is 3.07. The van der Waals surface area contributed by atoms with E-state index in [9.17, 15) is 4.39 Å². The van der Waals surface area contributed by atoms with E-state index < -0.39 is 6.67 Å². The van der Waals surface area contributed by atoms with Crippen LogP contribution in [0, 0.1) is 0 Å². The summed E-state index contributed by atoms with van der Waals surface area (Å²) in [4.78, 5) is 8.32. The Morgan fingerprint density at radius 1 is 1.35 bits per heavy atom. The molecule has 0 spiro atoms. The molecular formula is C13H12ClFN4O. The third-order valence-electron chi connectivity index (χ3n) is 2.93. The zero-order valence-electron chi connectivity index (χ0n) is 10.5. The number of rotatable bonds is 5. The quantitative estimate of drug-likeness (QED) is 0.734. The number of hydrogen-bond acceptors (Lipinski definition) is 4. The van der Waals surface area contributed by atoms with Crippen LogP contribution in [0.1, 0.15) is 5.76 Å². The molecule has 0 unspecified atom stereocenters. The standard InChI is InChI=1S/C13H12ClFN4O/c14-13-17-11(16-8-9-2-1-7-20-9)10-3-5-19(6-4-15)12(10)18-13/h1-3,5,7H,4,6,8H2,(H,16,17,18). The molecule has 0 aliphatic rings. The normalized spacial score (nSPS) is 11.1. The highest BCUT2D eigenvalue weighted by molar-refractivity contribution is 6.28. The molecule has 0 bridgehead atoms. The van der Waals surface area contributed by atoms with Crippen molar-refractivity contribution in [2.45, 2.75) is 13.1 Å². The topological polar surface area (TPSA) is 55.9 Å². The van der Waals surface area contributed by atoms with Crippen molar-refractivity contribution in [1.82, 2.24) is 14.5 Å². The average molecular weight is 295 g/mol. The zero-order valence-corrected chi connectivity index (χ0v) is 11.3. The molecule has 0 radical (unpaired) electrons. The predicted octanol–water partition coefficient (Wildman–Crippen LogP) is 3.26. The van der Waals surface area contributed by atoms with Crippen LogP contribution in [0.5, 0.6) is 0 Å². The number of hydrogen-bond donors (Lipinski definition) is 1. The van der Waals surface area contributed by atoms with Crippen molar-refractivity contribution in [2.75, 3.05) is 12.0 Å². The third kappa shape index (κ3) is 2.46. The summed E-state index contributed by atoms with van der Waals surface area (Å²) < 4.78 is 19.5. The van der Waals surface area contributed by atoms with E-state index in [2.05, 4.69) is 15.3 Å². The fourth-order valence-electron chi connectivity index (χ4n) is 2.03. The Morgan fingerprint density at radius 3 is 3.00 bits per heavy atom. The minimum absolute atomic E-state index is 0.123. The summed E-state index contributed by atoms with van der Waals surface area (Å²) in [6.07, 6.45) is 3.38. The van der Waals surface area contributed by atoms with E-state index in [4.69, 9.17) is 16.0 Å². The Labute approximate surface area is 119 Å². The molecule has 0 fully saturated rings. The van der Waals surface area contributed by atoms with E-state index in [0.717, 1.165) is 11.1 Å². The van der Waals surface area contributed by atoms with Crippen LogP contribution in [-0.4, -0.2) is 21.2 Å². The lowest BCUT2D eigenvalue weighted by molar-refractivity contribution is 0.450. The molecule has 3 aromatic heterocycles. The molecule has 0 aromatic carbocycles. The van der Waals surface area contributed by atoms with Gasteiger partial charge in [0.25, 0.3) is 0 Å². The summed E-state index contributed by atoms with van der Waals surface area (Å²) in [7, 11) is 0. The molecule has 3 aromatic rings. The van der Waals surface area contributed by atoms with Gasteiger partial charge in [-0.05, 0) is 29.8 Å². The molecule has 3 rings (SSSR count). The van der Waals surface area contributed by atoms with Gasteiger partial charge in [0.15, 0.2) is 0 Å². The van der Waals surface area contributed by atoms with Gasteiger partial charge in [0.1, 0.15) is 23.9 Å². The van der Waals surface area contributed by atoms with Gasteiger partial charge in [0.2, 0.25) is 5.28 Å². The zero-order chi connectivity index (χ0) is 13.9. The Morgan fingerprint density at radius 2 is 2.25 bits per heavy atom. The third-order valence-corrected chi connectivity index (χ3v) is 3.10. The first-order valence-corrected chi connectivity index (χ1v) is 6.50. The first kappa shape index (κ1) is 12.9. The molecule has 7 heteroatoms. The van der Waals surface area contributed by atoms with Gasteiger partial charge >= 0.3 is 0 Å². The van der Waals surface area contributed by atoms with E-state index in [0.29, 0.717) is 18.0 Å². The number of aryl methyl sites for hydroxylation is 1. The minimum Gasteiger partial charge on any atom is -0.467 e. The molecule has 0 aliphatic heterocycles. The molecule has 0 saturated carbocycles. The highest BCUT2D eigenvalue weighted by atomic mass is 35.5. The predicted molar refractivity (Wildman–Crippen MR) is 74.5 cm³/mol. The molecule has 5 nitrogen and oxygen atoms in total. The lowest BCUT2D eigenvalue weighted by atomic mass is 10.3. The van der Waals surface area contributed by atoms with Gasteiger partial charge in [0.05, 0.1) is 24.7 Å². The number of nitrogens with one attached hydrogen (secondary N) is 1. The van der Waals surface area contributed by atoms with Gasteiger partial charge in [-0.25, -0.2) is 9.37 Å². The van der Waals surface area contributed by atoms with Gasteiger partial charge in [-0.3, -0.25) is 0 Å². The Bertz CT molecular complexity index is 711. The maximum atomic E-state index is 12.5. The van der Waals surface area contributed by atoms with E-state index in [1.54, 1.807) is 17.0 Å².